The molecule has 4 heteroatoms. The predicted octanol–water partition coefficient (Wildman–Crippen LogP) is 4.16. The second-order valence-corrected chi connectivity index (χ2v) is 6.16. The second kappa shape index (κ2) is 5.96. The number of hydrogen-bond acceptors (Lipinski definition) is 3. The van der Waals surface area contributed by atoms with E-state index in [-0.39, 0.29) is 0 Å². The van der Waals surface area contributed by atoms with Crippen LogP contribution < -0.4 is 10.5 Å². The molecule has 1 aromatic carbocycles. The van der Waals surface area contributed by atoms with Crippen molar-refractivity contribution in [3.8, 4) is 5.75 Å². The molecule has 1 aliphatic rings. The molecule has 0 bridgehead atoms. The Kier molecular flexibility index (Phi) is 4.04. The van der Waals surface area contributed by atoms with Crippen molar-refractivity contribution in [2.24, 2.45) is 5.92 Å². The van der Waals surface area contributed by atoms with Crippen molar-refractivity contribution in [3.63, 3.8) is 0 Å². The van der Waals surface area contributed by atoms with Crippen LogP contribution >= 0.6 is 0 Å². The number of nitrogens with two attached hydrogens (primary N) is 1. The van der Waals surface area contributed by atoms with Crippen LogP contribution in [0.3, 0.4) is 0 Å². The van der Waals surface area contributed by atoms with E-state index in [0.717, 1.165) is 22.7 Å². The molecule has 1 fully saturated rings. The zero-order chi connectivity index (χ0) is 14.8. The molecule has 0 spiro atoms. The summed E-state index contributed by atoms with van der Waals surface area (Å²) in [6.07, 6.45) is 7.72. The van der Waals surface area contributed by atoms with Crippen LogP contribution in [-0.2, 0) is 0 Å². The SMILES string of the molecule is CCCC1CCC(n2c(N)nc3cc(OC)ccc32)CC1. The number of methoxy groups -OCH3 is 1. The van der Waals surface area contributed by atoms with Crippen LogP contribution in [0.15, 0.2) is 18.2 Å². The van der Waals surface area contributed by atoms with E-state index in [4.69, 9.17) is 10.5 Å². The number of ether oxygens (including phenoxy) is 1. The van der Waals surface area contributed by atoms with E-state index in [1.165, 1.54) is 38.5 Å². The molecule has 0 atom stereocenters. The summed E-state index contributed by atoms with van der Waals surface area (Å²) in [5, 5.41) is 0. The van der Waals surface area contributed by atoms with Gasteiger partial charge in [-0.25, -0.2) is 4.98 Å². The molecule has 0 radical (unpaired) electrons. The zero-order valence-electron chi connectivity index (χ0n) is 13.0. The van der Waals surface area contributed by atoms with Gasteiger partial charge < -0.3 is 15.0 Å². The molecule has 1 aromatic heterocycles. The van der Waals surface area contributed by atoms with Crippen molar-refractivity contribution in [1.29, 1.82) is 0 Å². The van der Waals surface area contributed by atoms with Gasteiger partial charge in [-0.1, -0.05) is 19.8 Å². The van der Waals surface area contributed by atoms with E-state index < -0.39 is 0 Å². The van der Waals surface area contributed by atoms with Gasteiger partial charge in [0.05, 0.1) is 18.1 Å². The highest BCUT2D eigenvalue weighted by molar-refractivity contribution is 5.80. The lowest BCUT2D eigenvalue weighted by Gasteiger charge is -2.30. The number of aromatic nitrogens is 2. The highest BCUT2D eigenvalue weighted by Gasteiger charge is 2.24. The molecule has 114 valence electrons. The van der Waals surface area contributed by atoms with Crippen LogP contribution in [-0.4, -0.2) is 16.7 Å². The summed E-state index contributed by atoms with van der Waals surface area (Å²) in [6, 6.07) is 6.53. The average Bonchev–Trinajstić information content (AvgIpc) is 2.83. The zero-order valence-corrected chi connectivity index (χ0v) is 13.0. The van der Waals surface area contributed by atoms with Crippen LogP contribution in [0.2, 0.25) is 0 Å². The van der Waals surface area contributed by atoms with E-state index in [1.54, 1.807) is 7.11 Å². The van der Waals surface area contributed by atoms with Gasteiger partial charge in [0.15, 0.2) is 0 Å². The topological polar surface area (TPSA) is 53.1 Å². The summed E-state index contributed by atoms with van der Waals surface area (Å²) in [7, 11) is 1.68. The van der Waals surface area contributed by atoms with E-state index in [1.807, 2.05) is 12.1 Å². The minimum atomic E-state index is 0.497. The Balaban J connectivity index is 1.85. The molecule has 1 aliphatic carbocycles. The maximum atomic E-state index is 6.18. The van der Waals surface area contributed by atoms with Crippen LogP contribution in [0.25, 0.3) is 11.0 Å². The second-order valence-electron chi connectivity index (χ2n) is 6.16. The van der Waals surface area contributed by atoms with Gasteiger partial charge >= 0.3 is 0 Å². The first-order chi connectivity index (χ1) is 10.2. The number of benzene rings is 1. The molecule has 3 rings (SSSR count). The van der Waals surface area contributed by atoms with E-state index in [9.17, 15) is 0 Å². The van der Waals surface area contributed by atoms with E-state index >= 15 is 0 Å². The number of hydrogen-bond donors (Lipinski definition) is 1. The van der Waals surface area contributed by atoms with Crippen molar-refractivity contribution in [3.05, 3.63) is 18.2 Å². The Morgan fingerprint density at radius 3 is 2.71 bits per heavy atom. The lowest BCUT2D eigenvalue weighted by atomic mass is 9.83. The Morgan fingerprint density at radius 1 is 1.29 bits per heavy atom. The molecule has 0 unspecified atom stereocenters. The van der Waals surface area contributed by atoms with Crippen molar-refractivity contribution in [2.75, 3.05) is 12.8 Å². The fourth-order valence-electron chi connectivity index (χ4n) is 3.71. The van der Waals surface area contributed by atoms with Gasteiger partial charge in [-0.05, 0) is 43.7 Å². The van der Waals surface area contributed by atoms with Crippen LogP contribution in [0.1, 0.15) is 51.5 Å². The van der Waals surface area contributed by atoms with E-state index in [2.05, 4.69) is 22.5 Å². The molecular weight excluding hydrogens is 262 g/mol. The minimum absolute atomic E-state index is 0.497. The Labute approximate surface area is 126 Å². The van der Waals surface area contributed by atoms with Crippen molar-refractivity contribution in [1.82, 2.24) is 9.55 Å². The third kappa shape index (κ3) is 2.71. The molecule has 0 aliphatic heterocycles. The third-order valence-corrected chi connectivity index (χ3v) is 4.80. The molecule has 2 N–H and O–H groups in total. The van der Waals surface area contributed by atoms with E-state index in [0.29, 0.717) is 12.0 Å². The number of rotatable bonds is 4. The molecule has 1 heterocycles. The smallest absolute Gasteiger partial charge is 0.201 e. The summed E-state index contributed by atoms with van der Waals surface area (Å²) in [6.45, 7) is 2.28. The predicted molar refractivity (Wildman–Crippen MR) is 86.6 cm³/mol. The highest BCUT2D eigenvalue weighted by atomic mass is 16.5. The average molecular weight is 287 g/mol. The summed E-state index contributed by atoms with van der Waals surface area (Å²) in [5.41, 5.74) is 8.24. The Morgan fingerprint density at radius 2 is 2.05 bits per heavy atom. The molecule has 1 saturated carbocycles. The number of anilines is 1. The maximum Gasteiger partial charge on any atom is 0.201 e. The number of nitrogens with zero attached hydrogens (tertiary/aromatic N) is 2. The van der Waals surface area contributed by atoms with Gasteiger partial charge in [0.1, 0.15) is 5.75 Å². The van der Waals surface area contributed by atoms with Crippen LogP contribution in [0.4, 0.5) is 5.95 Å². The van der Waals surface area contributed by atoms with Crippen LogP contribution in [0.5, 0.6) is 5.75 Å². The molecule has 2 aromatic rings. The highest BCUT2D eigenvalue weighted by Crippen LogP contribution is 2.37. The maximum absolute atomic E-state index is 6.18. The van der Waals surface area contributed by atoms with Gasteiger partial charge in [-0.3, -0.25) is 0 Å². The lowest BCUT2D eigenvalue weighted by molar-refractivity contribution is 0.267. The molecule has 21 heavy (non-hydrogen) atoms. The first-order valence-electron chi connectivity index (χ1n) is 8.04. The Hall–Kier alpha value is -1.71. The standard InChI is InChI=1S/C17H25N3O/c1-3-4-12-5-7-13(8-6-12)20-16-10-9-14(21-2)11-15(16)19-17(20)18/h9-13H,3-8H2,1-2H3,(H2,18,19). The normalized spacial score (nSPS) is 22.6. The quantitative estimate of drug-likeness (QED) is 0.918. The van der Waals surface area contributed by atoms with Crippen molar-refractivity contribution < 1.29 is 4.74 Å². The monoisotopic (exact) mass is 287 g/mol. The lowest BCUT2D eigenvalue weighted by Crippen LogP contribution is -2.19. The Bertz CT molecular complexity index is 612. The molecule has 0 saturated heterocycles. The van der Waals surface area contributed by atoms with Gasteiger partial charge in [0.25, 0.3) is 0 Å². The van der Waals surface area contributed by atoms with Gasteiger partial charge in [0, 0.05) is 12.1 Å². The van der Waals surface area contributed by atoms with Gasteiger partial charge in [-0.2, -0.15) is 0 Å². The number of imidazole rings is 1. The number of fused-ring (bicyclic) bond motifs is 1. The number of nitrogen functional groups attached to an aromatic ring is 1. The fourth-order valence-corrected chi connectivity index (χ4v) is 3.71. The molecular formula is C17H25N3O. The van der Waals surface area contributed by atoms with Crippen molar-refractivity contribution in [2.45, 2.75) is 51.5 Å². The third-order valence-electron chi connectivity index (χ3n) is 4.80. The summed E-state index contributed by atoms with van der Waals surface area (Å²) in [4.78, 5) is 4.51. The minimum Gasteiger partial charge on any atom is -0.497 e. The van der Waals surface area contributed by atoms with Crippen molar-refractivity contribution >= 4 is 17.0 Å². The molecule has 0 amide bonds. The first kappa shape index (κ1) is 14.2. The summed E-state index contributed by atoms with van der Waals surface area (Å²) in [5.74, 6) is 2.37. The fraction of sp³-hybridized carbons (Fsp3) is 0.588. The summed E-state index contributed by atoms with van der Waals surface area (Å²) >= 11 is 0. The van der Waals surface area contributed by atoms with Gasteiger partial charge in [0.2, 0.25) is 5.95 Å². The first-order valence-corrected chi connectivity index (χ1v) is 8.04. The largest absolute Gasteiger partial charge is 0.497 e. The van der Waals surface area contributed by atoms with Gasteiger partial charge in [-0.15, -0.1) is 0 Å². The van der Waals surface area contributed by atoms with Crippen LogP contribution in [0, 0.1) is 5.92 Å². The molecule has 4 nitrogen and oxygen atoms in total. The summed E-state index contributed by atoms with van der Waals surface area (Å²) < 4.78 is 7.50.